The van der Waals surface area contributed by atoms with Crippen molar-refractivity contribution in [3.05, 3.63) is 23.8 Å². The Kier molecular flexibility index (Phi) is 2.73. The van der Waals surface area contributed by atoms with Crippen LogP contribution in [0.2, 0.25) is 0 Å². The van der Waals surface area contributed by atoms with E-state index in [1.54, 1.807) is 6.20 Å². The highest BCUT2D eigenvalue weighted by atomic mass is 32.1. The molecular formula is C8H10N4OS. The molecule has 0 aliphatic rings. The zero-order valence-corrected chi connectivity index (χ0v) is 8.54. The molecule has 0 amide bonds. The third-order valence-corrected chi connectivity index (χ3v) is 2.40. The smallest absolute Gasteiger partial charge is 0.202 e. The van der Waals surface area contributed by atoms with E-state index in [-0.39, 0.29) is 0 Å². The van der Waals surface area contributed by atoms with Crippen LogP contribution in [0.3, 0.4) is 0 Å². The van der Waals surface area contributed by atoms with Crippen LogP contribution in [-0.4, -0.2) is 14.5 Å². The molecule has 6 heteroatoms. The lowest BCUT2D eigenvalue weighted by Gasteiger charge is -1.95. The van der Waals surface area contributed by atoms with Crippen LogP contribution in [-0.2, 0) is 13.0 Å². The second kappa shape index (κ2) is 4.19. The summed E-state index contributed by atoms with van der Waals surface area (Å²) in [7, 11) is 0. The maximum atomic E-state index is 4.93. The number of nitrogens with zero attached hydrogens (tertiary/aromatic N) is 3. The molecule has 0 bridgehead atoms. The SMILES string of the molecule is CCc1nsc(NCc2ccno2)n1. The molecule has 5 nitrogen and oxygen atoms in total. The molecule has 74 valence electrons. The van der Waals surface area contributed by atoms with Gasteiger partial charge < -0.3 is 9.84 Å². The van der Waals surface area contributed by atoms with Gasteiger partial charge in [0.15, 0.2) is 5.76 Å². The van der Waals surface area contributed by atoms with Crippen LogP contribution in [0.15, 0.2) is 16.8 Å². The van der Waals surface area contributed by atoms with Gasteiger partial charge in [-0.15, -0.1) is 0 Å². The Hall–Kier alpha value is -1.43. The fraction of sp³-hybridized carbons (Fsp3) is 0.375. The molecule has 0 unspecified atom stereocenters. The summed E-state index contributed by atoms with van der Waals surface area (Å²) >= 11 is 1.36. The van der Waals surface area contributed by atoms with E-state index in [0.717, 1.165) is 23.1 Å². The molecular weight excluding hydrogens is 200 g/mol. The van der Waals surface area contributed by atoms with Crippen LogP contribution in [0, 0.1) is 0 Å². The highest BCUT2D eigenvalue weighted by Crippen LogP contribution is 2.12. The molecule has 0 spiro atoms. The quantitative estimate of drug-likeness (QED) is 0.832. The summed E-state index contributed by atoms with van der Waals surface area (Å²) in [5, 5.41) is 7.54. The first kappa shape index (κ1) is 9.14. The van der Waals surface area contributed by atoms with Crippen molar-refractivity contribution in [3.63, 3.8) is 0 Å². The molecule has 0 aliphatic carbocycles. The van der Waals surface area contributed by atoms with Crippen molar-refractivity contribution in [3.8, 4) is 0 Å². The molecule has 2 rings (SSSR count). The lowest BCUT2D eigenvalue weighted by atomic mass is 10.4. The van der Waals surface area contributed by atoms with E-state index >= 15 is 0 Å². The predicted octanol–water partition coefficient (Wildman–Crippen LogP) is 1.70. The summed E-state index contributed by atoms with van der Waals surface area (Å²) in [5.41, 5.74) is 0. The molecule has 2 aromatic heterocycles. The highest BCUT2D eigenvalue weighted by Gasteiger charge is 2.02. The van der Waals surface area contributed by atoms with Gasteiger partial charge in [0, 0.05) is 24.0 Å². The van der Waals surface area contributed by atoms with Gasteiger partial charge in [-0.3, -0.25) is 0 Å². The van der Waals surface area contributed by atoms with E-state index in [1.165, 1.54) is 11.5 Å². The van der Waals surface area contributed by atoms with Crippen molar-refractivity contribution in [2.45, 2.75) is 19.9 Å². The second-order valence-electron chi connectivity index (χ2n) is 2.70. The van der Waals surface area contributed by atoms with Crippen molar-refractivity contribution in [2.75, 3.05) is 5.32 Å². The van der Waals surface area contributed by atoms with E-state index in [1.807, 2.05) is 13.0 Å². The van der Waals surface area contributed by atoms with E-state index in [0.29, 0.717) is 6.54 Å². The first-order valence-corrected chi connectivity index (χ1v) is 5.12. The van der Waals surface area contributed by atoms with Crippen LogP contribution in [0.5, 0.6) is 0 Å². The summed E-state index contributed by atoms with van der Waals surface area (Å²) in [6, 6.07) is 1.81. The van der Waals surface area contributed by atoms with Crippen LogP contribution in [0.1, 0.15) is 18.5 Å². The number of anilines is 1. The Morgan fingerprint density at radius 2 is 2.50 bits per heavy atom. The second-order valence-corrected chi connectivity index (χ2v) is 3.45. The summed E-state index contributed by atoms with van der Waals surface area (Å²) in [6.45, 7) is 2.63. The first-order chi connectivity index (χ1) is 6.88. The zero-order chi connectivity index (χ0) is 9.80. The van der Waals surface area contributed by atoms with Crippen LogP contribution in [0.25, 0.3) is 0 Å². The summed E-state index contributed by atoms with van der Waals surface area (Å²) < 4.78 is 9.09. The van der Waals surface area contributed by atoms with E-state index in [4.69, 9.17) is 4.52 Å². The van der Waals surface area contributed by atoms with Gasteiger partial charge in [-0.2, -0.15) is 4.37 Å². The minimum Gasteiger partial charge on any atom is -0.360 e. The summed E-state index contributed by atoms with van der Waals surface area (Å²) in [6.07, 6.45) is 2.48. The topological polar surface area (TPSA) is 63.8 Å². The van der Waals surface area contributed by atoms with Gasteiger partial charge in [0.1, 0.15) is 5.82 Å². The molecule has 0 saturated heterocycles. The van der Waals surface area contributed by atoms with Crippen molar-refractivity contribution >= 4 is 16.7 Å². The number of rotatable bonds is 4. The standard InChI is InChI=1S/C8H10N4OS/c1-2-7-11-8(14-12-7)9-5-6-3-4-10-13-6/h3-4H,2,5H2,1H3,(H,9,11,12). The van der Waals surface area contributed by atoms with Crippen LogP contribution < -0.4 is 5.32 Å². The minimum atomic E-state index is 0.596. The van der Waals surface area contributed by atoms with Gasteiger partial charge in [0.05, 0.1) is 12.7 Å². The fourth-order valence-electron chi connectivity index (χ4n) is 0.965. The summed E-state index contributed by atoms with van der Waals surface area (Å²) in [4.78, 5) is 4.26. The lowest BCUT2D eigenvalue weighted by Crippen LogP contribution is -1.97. The number of hydrogen-bond acceptors (Lipinski definition) is 6. The molecule has 0 radical (unpaired) electrons. The van der Waals surface area contributed by atoms with Gasteiger partial charge in [0.2, 0.25) is 5.13 Å². The van der Waals surface area contributed by atoms with Gasteiger partial charge in [-0.25, -0.2) is 4.98 Å². The average molecular weight is 210 g/mol. The zero-order valence-electron chi connectivity index (χ0n) is 7.73. The van der Waals surface area contributed by atoms with E-state index in [9.17, 15) is 0 Å². The van der Waals surface area contributed by atoms with Crippen molar-refractivity contribution < 1.29 is 4.52 Å². The maximum Gasteiger partial charge on any atom is 0.202 e. The average Bonchev–Trinajstić information content (AvgIpc) is 2.86. The van der Waals surface area contributed by atoms with E-state index in [2.05, 4.69) is 19.8 Å². The molecule has 2 heterocycles. The summed E-state index contributed by atoms with van der Waals surface area (Å²) in [5.74, 6) is 1.66. The lowest BCUT2D eigenvalue weighted by molar-refractivity contribution is 0.388. The molecule has 0 fully saturated rings. The Balaban J connectivity index is 1.92. The largest absolute Gasteiger partial charge is 0.360 e. The molecule has 0 saturated carbocycles. The number of nitrogens with one attached hydrogen (secondary N) is 1. The molecule has 0 atom stereocenters. The van der Waals surface area contributed by atoms with Crippen molar-refractivity contribution in [1.82, 2.24) is 14.5 Å². The highest BCUT2D eigenvalue weighted by molar-refractivity contribution is 7.09. The van der Waals surface area contributed by atoms with Crippen LogP contribution in [0.4, 0.5) is 5.13 Å². The maximum absolute atomic E-state index is 4.93. The molecule has 0 aromatic carbocycles. The normalized spacial score (nSPS) is 10.4. The Bertz CT molecular complexity index is 384. The fourth-order valence-corrected chi connectivity index (χ4v) is 1.61. The van der Waals surface area contributed by atoms with Crippen molar-refractivity contribution in [2.24, 2.45) is 0 Å². The Morgan fingerprint density at radius 3 is 3.14 bits per heavy atom. The number of aryl methyl sites for hydroxylation is 1. The minimum absolute atomic E-state index is 0.596. The first-order valence-electron chi connectivity index (χ1n) is 4.34. The molecule has 2 aromatic rings. The number of hydrogen-bond donors (Lipinski definition) is 1. The molecule has 14 heavy (non-hydrogen) atoms. The molecule has 0 aliphatic heterocycles. The predicted molar refractivity (Wildman–Crippen MR) is 53.1 cm³/mol. The van der Waals surface area contributed by atoms with Gasteiger partial charge in [0.25, 0.3) is 0 Å². The third-order valence-electron chi connectivity index (χ3n) is 1.69. The van der Waals surface area contributed by atoms with E-state index < -0.39 is 0 Å². The van der Waals surface area contributed by atoms with Gasteiger partial charge >= 0.3 is 0 Å². The van der Waals surface area contributed by atoms with Crippen molar-refractivity contribution in [1.29, 1.82) is 0 Å². The number of aromatic nitrogens is 3. The van der Waals surface area contributed by atoms with Crippen LogP contribution >= 0.6 is 11.5 Å². The Morgan fingerprint density at radius 1 is 1.57 bits per heavy atom. The van der Waals surface area contributed by atoms with Gasteiger partial charge in [-0.05, 0) is 0 Å². The molecule has 1 N–H and O–H groups in total. The van der Waals surface area contributed by atoms with Gasteiger partial charge in [-0.1, -0.05) is 12.1 Å². The monoisotopic (exact) mass is 210 g/mol. The third kappa shape index (κ3) is 2.08. The Labute approximate surface area is 85.3 Å².